The molecule has 0 bridgehead atoms. The summed E-state index contributed by atoms with van der Waals surface area (Å²) in [5, 5.41) is 3.45. The van der Waals surface area contributed by atoms with E-state index in [9.17, 15) is 0 Å². The Morgan fingerprint density at radius 1 is 0.808 bits per heavy atom. The van der Waals surface area contributed by atoms with Gasteiger partial charge in [0.2, 0.25) is 0 Å². The fraction of sp³-hybridized carbons (Fsp3) is 0.136. The number of anilines is 1. The summed E-state index contributed by atoms with van der Waals surface area (Å²) in [4.78, 5) is 4.80. The first kappa shape index (κ1) is 16.2. The van der Waals surface area contributed by atoms with Crippen molar-refractivity contribution in [3.63, 3.8) is 0 Å². The van der Waals surface area contributed by atoms with Crippen LogP contribution in [0.1, 0.15) is 5.82 Å². The van der Waals surface area contributed by atoms with E-state index in [1.165, 1.54) is 0 Å². The summed E-state index contributed by atoms with van der Waals surface area (Å²) in [7, 11) is 0. The van der Waals surface area contributed by atoms with Crippen LogP contribution in [0.25, 0.3) is 11.0 Å². The van der Waals surface area contributed by atoms with Crippen molar-refractivity contribution < 1.29 is 4.74 Å². The van der Waals surface area contributed by atoms with Crippen molar-refractivity contribution in [3.8, 4) is 5.75 Å². The lowest BCUT2D eigenvalue weighted by molar-refractivity contribution is 0.298. The van der Waals surface area contributed by atoms with Gasteiger partial charge in [0.1, 0.15) is 18.2 Å². The fourth-order valence-corrected chi connectivity index (χ4v) is 3.02. The Kier molecular flexibility index (Phi) is 4.83. The average Bonchev–Trinajstić information content (AvgIpc) is 3.06. The number of fused-ring (bicyclic) bond motifs is 1. The van der Waals surface area contributed by atoms with E-state index in [0.29, 0.717) is 13.2 Å². The van der Waals surface area contributed by atoms with Crippen LogP contribution >= 0.6 is 0 Å². The Balaban J connectivity index is 1.51. The number of imidazole rings is 1. The van der Waals surface area contributed by atoms with E-state index < -0.39 is 0 Å². The number of hydrogen-bond donors (Lipinski definition) is 1. The zero-order valence-corrected chi connectivity index (χ0v) is 14.5. The summed E-state index contributed by atoms with van der Waals surface area (Å²) in [5.74, 6) is 1.90. The predicted octanol–water partition coefficient (Wildman–Crippen LogP) is 4.73. The van der Waals surface area contributed by atoms with E-state index >= 15 is 0 Å². The number of para-hydroxylation sites is 4. The molecule has 0 aliphatic heterocycles. The lowest BCUT2D eigenvalue weighted by atomic mass is 10.3. The summed E-state index contributed by atoms with van der Waals surface area (Å²) in [5.41, 5.74) is 3.23. The lowest BCUT2D eigenvalue weighted by Gasteiger charge is -2.12. The highest BCUT2D eigenvalue weighted by atomic mass is 16.5. The molecule has 0 spiro atoms. The van der Waals surface area contributed by atoms with Crippen molar-refractivity contribution in [2.45, 2.75) is 13.1 Å². The van der Waals surface area contributed by atoms with Gasteiger partial charge < -0.3 is 14.6 Å². The molecule has 1 N–H and O–H groups in total. The summed E-state index contributed by atoms with van der Waals surface area (Å²) in [6.07, 6.45) is 0. The maximum Gasteiger partial charge on any atom is 0.129 e. The summed E-state index contributed by atoms with van der Waals surface area (Å²) >= 11 is 0. The van der Waals surface area contributed by atoms with Crippen LogP contribution < -0.4 is 10.1 Å². The van der Waals surface area contributed by atoms with Crippen LogP contribution in [0.4, 0.5) is 5.69 Å². The summed E-state index contributed by atoms with van der Waals surface area (Å²) in [6.45, 7) is 2.02. The number of rotatable bonds is 7. The van der Waals surface area contributed by atoms with E-state index in [0.717, 1.165) is 34.8 Å². The predicted molar refractivity (Wildman–Crippen MR) is 105 cm³/mol. The monoisotopic (exact) mass is 343 g/mol. The van der Waals surface area contributed by atoms with Crippen LogP contribution in [0, 0.1) is 0 Å². The van der Waals surface area contributed by atoms with E-state index in [1.54, 1.807) is 0 Å². The number of hydrogen-bond acceptors (Lipinski definition) is 3. The Morgan fingerprint density at radius 3 is 2.31 bits per heavy atom. The van der Waals surface area contributed by atoms with Crippen LogP contribution in [-0.2, 0) is 13.1 Å². The maximum absolute atomic E-state index is 5.88. The van der Waals surface area contributed by atoms with Crippen LogP contribution in [-0.4, -0.2) is 16.2 Å². The van der Waals surface area contributed by atoms with Crippen molar-refractivity contribution in [1.29, 1.82) is 0 Å². The molecule has 1 heterocycles. The van der Waals surface area contributed by atoms with Crippen molar-refractivity contribution in [2.75, 3.05) is 11.9 Å². The molecule has 0 aliphatic carbocycles. The molecule has 26 heavy (non-hydrogen) atoms. The van der Waals surface area contributed by atoms with Crippen molar-refractivity contribution in [2.24, 2.45) is 0 Å². The van der Waals surface area contributed by atoms with Gasteiger partial charge in [-0.1, -0.05) is 48.5 Å². The number of nitrogens with one attached hydrogen (secondary N) is 1. The highest BCUT2D eigenvalue weighted by Crippen LogP contribution is 2.18. The van der Waals surface area contributed by atoms with Gasteiger partial charge >= 0.3 is 0 Å². The van der Waals surface area contributed by atoms with Crippen LogP contribution in [0.2, 0.25) is 0 Å². The molecule has 0 radical (unpaired) electrons. The molecule has 0 fully saturated rings. The number of benzene rings is 3. The third-order valence-corrected chi connectivity index (χ3v) is 4.28. The minimum atomic E-state index is 0.600. The molecule has 0 saturated heterocycles. The van der Waals surface area contributed by atoms with Gasteiger partial charge in [0, 0.05) is 5.69 Å². The molecular weight excluding hydrogens is 322 g/mol. The van der Waals surface area contributed by atoms with Gasteiger partial charge in [0.25, 0.3) is 0 Å². The molecule has 4 nitrogen and oxygen atoms in total. The lowest BCUT2D eigenvalue weighted by Crippen LogP contribution is -2.13. The topological polar surface area (TPSA) is 39.1 Å². The normalized spacial score (nSPS) is 10.8. The first-order chi connectivity index (χ1) is 12.9. The third-order valence-electron chi connectivity index (χ3n) is 4.28. The molecule has 130 valence electrons. The highest BCUT2D eigenvalue weighted by molar-refractivity contribution is 5.76. The minimum Gasteiger partial charge on any atom is -0.492 e. The van der Waals surface area contributed by atoms with Gasteiger partial charge in [-0.05, 0) is 36.4 Å². The zero-order chi connectivity index (χ0) is 17.6. The largest absolute Gasteiger partial charge is 0.492 e. The van der Waals surface area contributed by atoms with E-state index in [-0.39, 0.29) is 0 Å². The van der Waals surface area contributed by atoms with Crippen molar-refractivity contribution in [3.05, 3.63) is 90.8 Å². The highest BCUT2D eigenvalue weighted by Gasteiger charge is 2.10. The van der Waals surface area contributed by atoms with Crippen molar-refractivity contribution in [1.82, 2.24) is 9.55 Å². The van der Waals surface area contributed by atoms with Gasteiger partial charge in [-0.3, -0.25) is 0 Å². The number of nitrogens with zero attached hydrogens (tertiary/aromatic N) is 2. The molecule has 4 rings (SSSR count). The Morgan fingerprint density at radius 2 is 1.50 bits per heavy atom. The van der Waals surface area contributed by atoms with E-state index in [1.807, 2.05) is 60.7 Å². The molecular formula is C22H21N3O. The second kappa shape index (κ2) is 7.74. The van der Waals surface area contributed by atoms with Gasteiger partial charge in [-0.25, -0.2) is 4.98 Å². The SMILES string of the molecule is c1ccc(NCc2nc3ccccc3n2CCOc2ccccc2)cc1. The van der Waals surface area contributed by atoms with Crippen LogP contribution in [0.3, 0.4) is 0 Å². The molecule has 0 atom stereocenters. The fourth-order valence-electron chi connectivity index (χ4n) is 3.02. The molecule has 0 amide bonds. The molecule has 4 aromatic rings. The second-order valence-electron chi connectivity index (χ2n) is 6.05. The first-order valence-electron chi connectivity index (χ1n) is 8.81. The Bertz CT molecular complexity index is 965. The minimum absolute atomic E-state index is 0.600. The van der Waals surface area contributed by atoms with Crippen LogP contribution in [0.15, 0.2) is 84.9 Å². The van der Waals surface area contributed by atoms with E-state index in [2.05, 4.69) is 34.1 Å². The quantitative estimate of drug-likeness (QED) is 0.527. The summed E-state index contributed by atoms with van der Waals surface area (Å²) < 4.78 is 8.11. The van der Waals surface area contributed by atoms with Gasteiger partial charge in [-0.2, -0.15) is 0 Å². The van der Waals surface area contributed by atoms with Crippen LogP contribution in [0.5, 0.6) is 5.75 Å². The summed E-state index contributed by atoms with van der Waals surface area (Å²) in [6, 6.07) is 28.3. The zero-order valence-electron chi connectivity index (χ0n) is 14.5. The second-order valence-corrected chi connectivity index (χ2v) is 6.05. The third kappa shape index (κ3) is 3.70. The average molecular weight is 343 g/mol. The van der Waals surface area contributed by atoms with Gasteiger partial charge in [-0.15, -0.1) is 0 Å². The first-order valence-corrected chi connectivity index (χ1v) is 8.81. The molecule has 0 aliphatic rings. The molecule has 4 heteroatoms. The Hall–Kier alpha value is -3.27. The molecule has 0 saturated carbocycles. The Labute approximate surface area is 153 Å². The smallest absolute Gasteiger partial charge is 0.129 e. The standard InChI is InChI=1S/C22H21N3O/c1-3-9-18(10-4-1)23-17-22-24-20-13-7-8-14-21(20)25(22)15-16-26-19-11-5-2-6-12-19/h1-14,23H,15-17H2. The number of aromatic nitrogens is 2. The van der Waals surface area contributed by atoms with Gasteiger partial charge in [0.15, 0.2) is 0 Å². The maximum atomic E-state index is 5.88. The van der Waals surface area contributed by atoms with Crippen molar-refractivity contribution >= 4 is 16.7 Å². The number of ether oxygens (including phenoxy) is 1. The molecule has 1 aromatic heterocycles. The van der Waals surface area contributed by atoms with Gasteiger partial charge in [0.05, 0.1) is 24.1 Å². The van der Waals surface area contributed by atoms with E-state index in [4.69, 9.17) is 9.72 Å². The molecule has 3 aromatic carbocycles. The molecule has 0 unspecified atom stereocenters.